The van der Waals surface area contributed by atoms with Gasteiger partial charge >= 0.3 is 5.97 Å². The quantitative estimate of drug-likeness (QED) is 0.435. The fourth-order valence-corrected chi connectivity index (χ4v) is 5.33. The number of hydrogen-bond acceptors (Lipinski definition) is 7. The van der Waals surface area contributed by atoms with E-state index in [1.807, 2.05) is 0 Å². The lowest BCUT2D eigenvalue weighted by Gasteiger charge is -2.15. The first-order chi connectivity index (χ1) is 12.1. The number of hydrogen-bond donors (Lipinski definition) is 0. The summed E-state index contributed by atoms with van der Waals surface area (Å²) in [6.45, 7) is 2.59. The Hall–Kier alpha value is -1.38. The fraction of sp³-hybridized carbons (Fsp3) is 0.588. The highest BCUT2D eigenvalue weighted by molar-refractivity contribution is 8.00. The van der Waals surface area contributed by atoms with Crippen LogP contribution < -0.4 is 5.56 Å². The van der Waals surface area contributed by atoms with Gasteiger partial charge in [-0.1, -0.05) is 11.8 Å². The van der Waals surface area contributed by atoms with Crippen LogP contribution >= 0.6 is 23.1 Å². The molecule has 1 unspecified atom stereocenters. The van der Waals surface area contributed by atoms with Crippen molar-refractivity contribution in [2.45, 2.75) is 49.6 Å². The third-order valence-electron chi connectivity index (χ3n) is 4.37. The zero-order valence-corrected chi connectivity index (χ0v) is 16.3. The molecule has 0 aliphatic heterocycles. The maximum absolute atomic E-state index is 13.2. The summed E-state index contributed by atoms with van der Waals surface area (Å²) in [6, 6.07) is 0. The van der Waals surface area contributed by atoms with Crippen LogP contribution in [0.4, 0.5) is 0 Å². The number of methoxy groups -OCH3 is 2. The lowest BCUT2D eigenvalue weighted by molar-refractivity contribution is -0.139. The molecule has 25 heavy (non-hydrogen) atoms. The van der Waals surface area contributed by atoms with Crippen LogP contribution in [0.1, 0.15) is 30.2 Å². The molecule has 0 spiro atoms. The molecular weight excluding hydrogens is 360 g/mol. The number of carbonyl (C=O) groups is 1. The van der Waals surface area contributed by atoms with E-state index >= 15 is 0 Å². The number of rotatable bonds is 6. The predicted molar refractivity (Wildman–Crippen MR) is 99.7 cm³/mol. The molecule has 0 bridgehead atoms. The fourth-order valence-electron chi connectivity index (χ4n) is 3.06. The van der Waals surface area contributed by atoms with E-state index in [-0.39, 0.29) is 11.5 Å². The summed E-state index contributed by atoms with van der Waals surface area (Å²) >= 11 is 2.87. The van der Waals surface area contributed by atoms with Crippen LogP contribution in [0, 0.1) is 0 Å². The Balaban J connectivity index is 2.11. The van der Waals surface area contributed by atoms with Crippen molar-refractivity contribution in [3.05, 3.63) is 20.8 Å². The monoisotopic (exact) mass is 382 g/mol. The van der Waals surface area contributed by atoms with E-state index < -0.39 is 5.25 Å². The molecule has 1 atom stereocenters. The first kappa shape index (κ1) is 18.4. The Labute approximate surface area is 154 Å². The number of thiophene rings is 1. The first-order valence-electron chi connectivity index (χ1n) is 8.35. The van der Waals surface area contributed by atoms with Crippen LogP contribution in [-0.2, 0) is 33.7 Å². The van der Waals surface area contributed by atoms with E-state index in [0.29, 0.717) is 18.3 Å². The Bertz CT molecular complexity index is 843. The second-order valence-electron chi connectivity index (χ2n) is 6.02. The Kier molecular flexibility index (Phi) is 5.81. The molecule has 0 fully saturated rings. The number of aromatic nitrogens is 2. The van der Waals surface area contributed by atoms with Gasteiger partial charge in [0.15, 0.2) is 5.16 Å². The SMILES string of the molecule is COCCn1c(SC(C)C(=O)OC)nc2sc3c(c2c1=O)CCCC3. The van der Waals surface area contributed by atoms with E-state index in [0.717, 1.165) is 29.5 Å². The molecule has 1 aliphatic rings. The predicted octanol–water partition coefficient (Wildman–Crippen LogP) is 2.64. The summed E-state index contributed by atoms with van der Waals surface area (Å²) in [5.41, 5.74) is 1.15. The van der Waals surface area contributed by atoms with E-state index in [1.54, 1.807) is 29.9 Å². The minimum Gasteiger partial charge on any atom is -0.468 e. The molecule has 2 heterocycles. The highest BCUT2D eigenvalue weighted by Crippen LogP contribution is 2.35. The summed E-state index contributed by atoms with van der Waals surface area (Å²) in [7, 11) is 2.97. The molecule has 3 rings (SSSR count). The van der Waals surface area contributed by atoms with Crippen molar-refractivity contribution in [1.82, 2.24) is 9.55 Å². The third-order valence-corrected chi connectivity index (χ3v) is 6.63. The molecule has 136 valence electrons. The summed E-state index contributed by atoms with van der Waals surface area (Å²) in [4.78, 5) is 31.7. The molecule has 0 aromatic carbocycles. The third kappa shape index (κ3) is 3.61. The summed E-state index contributed by atoms with van der Waals surface area (Å²) in [6.07, 6.45) is 4.25. The highest BCUT2D eigenvalue weighted by Gasteiger charge is 2.24. The van der Waals surface area contributed by atoms with Gasteiger partial charge in [-0.2, -0.15) is 0 Å². The van der Waals surface area contributed by atoms with Gasteiger partial charge in [-0.15, -0.1) is 11.3 Å². The molecule has 0 radical (unpaired) electrons. The largest absolute Gasteiger partial charge is 0.468 e. The molecule has 2 aromatic heterocycles. The van der Waals surface area contributed by atoms with Crippen molar-refractivity contribution in [2.24, 2.45) is 0 Å². The van der Waals surface area contributed by atoms with Gasteiger partial charge in [0.25, 0.3) is 5.56 Å². The Morgan fingerprint density at radius 3 is 2.84 bits per heavy atom. The van der Waals surface area contributed by atoms with Gasteiger partial charge in [0.1, 0.15) is 10.1 Å². The van der Waals surface area contributed by atoms with Gasteiger partial charge in [0, 0.05) is 12.0 Å². The lowest BCUT2D eigenvalue weighted by atomic mass is 9.97. The van der Waals surface area contributed by atoms with Crippen molar-refractivity contribution >= 4 is 39.3 Å². The molecule has 6 nitrogen and oxygen atoms in total. The van der Waals surface area contributed by atoms with Crippen molar-refractivity contribution < 1.29 is 14.3 Å². The molecule has 2 aromatic rings. The summed E-state index contributed by atoms with van der Waals surface area (Å²) in [5, 5.41) is 0.870. The van der Waals surface area contributed by atoms with E-state index in [9.17, 15) is 9.59 Å². The molecule has 1 aliphatic carbocycles. The number of aryl methyl sites for hydroxylation is 2. The zero-order chi connectivity index (χ0) is 18.0. The normalized spacial score (nSPS) is 15.2. The number of nitrogens with zero attached hydrogens (tertiary/aromatic N) is 2. The number of carbonyl (C=O) groups excluding carboxylic acids is 1. The summed E-state index contributed by atoms with van der Waals surface area (Å²) in [5.74, 6) is -0.330. The van der Waals surface area contributed by atoms with Gasteiger partial charge < -0.3 is 9.47 Å². The second-order valence-corrected chi connectivity index (χ2v) is 8.41. The molecule has 8 heteroatoms. The number of ether oxygens (including phenoxy) is 2. The second kappa shape index (κ2) is 7.88. The van der Waals surface area contributed by atoms with Gasteiger partial charge in [-0.05, 0) is 38.2 Å². The van der Waals surface area contributed by atoms with E-state index in [1.165, 1.54) is 35.7 Å². The Morgan fingerprint density at radius 2 is 2.12 bits per heavy atom. The Morgan fingerprint density at radius 1 is 1.36 bits per heavy atom. The lowest BCUT2D eigenvalue weighted by Crippen LogP contribution is -2.27. The standard InChI is InChI=1S/C17H22N2O4S2/c1-10(16(21)23-3)24-17-18-14-13(15(20)19(17)8-9-22-2)11-6-4-5-7-12(11)25-14/h10H,4-9H2,1-3H3. The molecular formula is C17H22N2O4S2. The number of fused-ring (bicyclic) bond motifs is 3. The van der Waals surface area contributed by atoms with Crippen molar-refractivity contribution in [3.63, 3.8) is 0 Å². The number of esters is 1. The van der Waals surface area contributed by atoms with Crippen LogP contribution in [0.25, 0.3) is 10.2 Å². The van der Waals surface area contributed by atoms with Gasteiger partial charge in [0.05, 0.1) is 25.6 Å². The summed E-state index contributed by atoms with van der Waals surface area (Å²) < 4.78 is 11.6. The molecule has 0 N–H and O–H groups in total. The topological polar surface area (TPSA) is 70.4 Å². The van der Waals surface area contributed by atoms with Crippen LogP contribution in [0.3, 0.4) is 0 Å². The maximum Gasteiger partial charge on any atom is 0.318 e. The average Bonchev–Trinajstić information content (AvgIpc) is 2.99. The maximum atomic E-state index is 13.2. The number of thioether (sulfide) groups is 1. The van der Waals surface area contributed by atoms with E-state index in [4.69, 9.17) is 14.5 Å². The van der Waals surface area contributed by atoms with Gasteiger partial charge in [-0.25, -0.2) is 4.98 Å². The smallest absolute Gasteiger partial charge is 0.318 e. The van der Waals surface area contributed by atoms with E-state index in [2.05, 4.69) is 0 Å². The van der Waals surface area contributed by atoms with Crippen LogP contribution in [0.5, 0.6) is 0 Å². The first-order valence-corrected chi connectivity index (χ1v) is 10.0. The van der Waals surface area contributed by atoms with Crippen molar-refractivity contribution in [1.29, 1.82) is 0 Å². The molecule has 0 saturated carbocycles. The van der Waals surface area contributed by atoms with Crippen LogP contribution in [0.2, 0.25) is 0 Å². The van der Waals surface area contributed by atoms with Crippen LogP contribution in [-0.4, -0.2) is 41.6 Å². The molecule has 0 saturated heterocycles. The van der Waals surface area contributed by atoms with Crippen LogP contribution in [0.15, 0.2) is 9.95 Å². The average molecular weight is 383 g/mol. The zero-order valence-electron chi connectivity index (χ0n) is 14.7. The minimum absolute atomic E-state index is 0.0268. The minimum atomic E-state index is -0.433. The van der Waals surface area contributed by atoms with Crippen molar-refractivity contribution in [2.75, 3.05) is 20.8 Å². The van der Waals surface area contributed by atoms with Crippen molar-refractivity contribution in [3.8, 4) is 0 Å². The molecule has 0 amide bonds. The highest BCUT2D eigenvalue weighted by atomic mass is 32.2. The van der Waals surface area contributed by atoms with Gasteiger partial charge in [-0.3, -0.25) is 14.2 Å². The van der Waals surface area contributed by atoms with Gasteiger partial charge in [0.2, 0.25) is 0 Å².